The highest BCUT2D eigenvalue weighted by atomic mass is 16.5. The summed E-state index contributed by atoms with van der Waals surface area (Å²) >= 11 is 0. The zero-order chi connectivity index (χ0) is 21.8. The molecule has 0 fully saturated rings. The van der Waals surface area contributed by atoms with Crippen molar-refractivity contribution in [3.8, 4) is 11.1 Å². The Morgan fingerprint density at radius 3 is 2.35 bits per heavy atom. The van der Waals surface area contributed by atoms with E-state index in [0.29, 0.717) is 27.6 Å². The van der Waals surface area contributed by atoms with Gasteiger partial charge < -0.3 is 14.5 Å². The van der Waals surface area contributed by atoms with Gasteiger partial charge in [-0.1, -0.05) is 54.6 Å². The van der Waals surface area contributed by atoms with Crippen LogP contribution in [-0.4, -0.2) is 18.5 Å². The number of rotatable bonds is 5. The van der Waals surface area contributed by atoms with Crippen LogP contribution in [0, 0.1) is 0 Å². The first-order valence-electron chi connectivity index (χ1n) is 9.78. The molecule has 1 amide bonds. The molecule has 0 saturated heterocycles. The Balaban J connectivity index is 1.80. The first-order valence-corrected chi connectivity index (χ1v) is 9.78. The van der Waals surface area contributed by atoms with E-state index in [-0.39, 0.29) is 12.4 Å². The summed E-state index contributed by atoms with van der Waals surface area (Å²) in [6.45, 7) is 1.97. The van der Waals surface area contributed by atoms with Gasteiger partial charge in [0.25, 0.3) is 5.91 Å². The molecule has 0 atom stereocenters. The summed E-state index contributed by atoms with van der Waals surface area (Å²) in [6, 6.07) is 22.6. The minimum atomic E-state index is -0.597. The summed E-state index contributed by atoms with van der Waals surface area (Å²) in [4.78, 5) is 37.7. The first-order chi connectivity index (χ1) is 15.1. The quantitative estimate of drug-likeness (QED) is 0.471. The van der Waals surface area contributed by atoms with Crippen molar-refractivity contribution in [2.45, 2.75) is 6.92 Å². The molecule has 154 valence electrons. The van der Waals surface area contributed by atoms with Crippen molar-refractivity contribution in [1.29, 1.82) is 0 Å². The lowest BCUT2D eigenvalue weighted by molar-refractivity contribution is 0.0526. The molecule has 6 nitrogen and oxygen atoms in total. The summed E-state index contributed by atoms with van der Waals surface area (Å²) in [6.07, 6.45) is 0. The number of amides is 1. The third-order valence-electron chi connectivity index (χ3n) is 4.74. The van der Waals surface area contributed by atoms with Gasteiger partial charge in [-0.3, -0.25) is 4.79 Å². The van der Waals surface area contributed by atoms with Gasteiger partial charge in [0.1, 0.15) is 0 Å². The van der Waals surface area contributed by atoms with Crippen LogP contribution < -0.4 is 10.9 Å². The third-order valence-corrected chi connectivity index (χ3v) is 4.74. The fourth-order valence-corrected chi connectivity index (χ4v) is 3.38. The van der Waals surface area contributed by atoms with Gasteiger partial charge in [0.05, 0.1) is 17.6 Å². The van der Waals surface area contributed by atoms with Crippen molar-refractivity contribution < 1.29 is 18.7 Å². The number of hydrogen-bond donors (Lipinski definition) is 1. The second kappa shape index (κ2) is 8.67. The van der Waals surface area contributed by atoms with E-state index in [4.69, 9.17) is 9.15 Å². The van der Waals surface area contributed by atoms with Gasteiger partial charge in [-0.2, -0.15) is 0 Å². The Morgan fingerprint density at radius 1 is 0.903 bits per heavy atom. The van der Waals surface area contributed by atoms with Crippen LogP contribution in [0.4, 0.5) is 5.69 Å². The highest BCUT2D eigenvalue weighted by Crippen LogP contribution is 2.31. The summed E-state index contributed by atoms with van der Waals surface area (Å²) in [5.41, 5.74) is 1.36. The fourth-order valence-electron chi connectivity index (χ4n) is 3.38. The topological polar surface area (TPSA) is 85.6 Å². The van der Waals surface area contributed by atoms with E-state index in [2.05, 4.69) is 5.32 Å². The SMILES string of the molecule is CCOC(=O)c1cccc(NC(=O)c2oc(=O)c3ccccc3c2-c2ccccc2)c1. The Morgan fingerprint density at radius 2 is 1.61 bits per heavy atom. The van der Waals surface area contributed by atoms with Crippen LogP contribution in [0.5, 0.6) is 0 Å². The van der Waals surface area contributed by atoms with Crippen LogP contribution in [0.3, 0.4) is 0 Å². The minimum Gasteiger partial charge on any atom is -0.462 e. The van der Waals surface area contributed by atoms with Gasteiger partial charge in [-0.15, -0.1) is 0 Å². The Labute approximate surface area is 178 Å². The molecule has 0 aliphatic heterocycles. The van der Waals surface area contributed by atoms with Crippen LogP contribution in [-0.2, 0) is 4.74 Å². The molecule has 1 N–H and O–H groups in total. The Hall–Kier alpha value is -4.19. The summed E-state index contributed by atoms with van der Waals surface area (Å²) in [7, 11) is 0. The predicted octanol–water partition coefficient (Wildman–Crippen LogP) is 4.89. The smallest absolute Gasteiger partial charge is 0.344 e. The van der Waals surface area contributed by atoms with Crippen molar-refractivity contribution in [3.63, 3.8) is 0 Å². The number of esters is 1. The van der Waals surface area contributed by atoms with E-state index in [1.54, 1.807) is 49.4 Å². The number of anilines is 1. The van der Waals surface area contributed by atoms with Crippen LogP contribution in [0.25, 0.3) is 21.9 Å². The number of nitrogens with one attached hydrogen (secondary N) is 1. The monoisotopic (exact) mass is 413 g/mol. The third kappa shape index (κ3) is 4.09. The van der Waals surface area contributed by atoms with E-state index >= 15 is 0 Å². The maximum absolute atomic E-state index is 13.2. The molecule has 0 spiro atoms. The zero-order valence-electron chi connectivity index (χ0n) is 16.8. The molecule has 1 heterocycles. The summed E-state index contributed by atoms with van der Waals surface area (Å²) in [5.74, 6) is -1.18. The molecule has 0 saturated carbocycles. The lowest BCUT2D eigenvalue weighted by atomic mass is 9.98. The van der Waals surface area contributed by atoms with Crippen LogP contribution in [0.15, 0.2) is 88.1 Å². The summed E-state index contributed by atoms with van der Waals surface area (Å²) in [5, 5.41) is 3.73. The minimum absolute atomic E-state index is 0.101. The number of carbonyl (C=O) groups is 2. The largest absolute Gasteiger partial charge is 0.462 e. The maximum Gasteiger partial charge on any atom is 0.344 e. The zero-order valence-corrected chi connectivity index (χ0v) is 16.8. The number of carbonyl (C=O) groups excluding carboxylic acids is 2. The highest BCUT2D eigenvalue weighted by molar-refractivity contribution is 6.12. The van der Waals surface area contributed by atoms with Gasteiger partial charge >= 0.3 is 11.6 Å². The van der Waals surface area contributed by atoms with Crippen molar-refractivity contribution >= 4 is 28.3 Å². The molecule has 1 aromatic heterocycles. The average molecular weight is 413 g/mol. The molecule has 3 aromatic carbocycles. The van der Waals surface area contributed by atoms with Crippen LogP contribution in [0.1, 0.15) is 27.8 Å². The second-order valence-corrected chi connectivity index (χ2v) is 6.76. The second-order valence-electron chi connectivity index (χ2n) is 6.76. The van der Waals surface area contributed by atoms with Crippen molar-refractivity contribution in [1.82, 2.24) is 0 Å². The van der Waals surface area contributed by atoms with E-state index < -0.39 is 17.5 Å². The highest BCUT2D eigenvalue weighted by Gasteiger charge is 2.21. The fraction of sp³-hybridized carbons (Fsp3) is 0.0800. The molecule has 0 unspecified atom stereocenters. The molecule has 0 radical (unpaired) electrons. The molecule has 31 heavy (non-hydrogen) atoms. The average Bonchev–Trinajstić information content (AvgIpc) is 2.80. The number of benzene rings is 3. The Kier molecular flexibility index (Phi) is 5.62. The first kappa shape index (κ1) is 20.1. The molecule has 4 rings (SSSR count). The predicted molar refractivity (Wildman–Crippen MR) is 118 cm³/mol. The molecule has 6 heteroatoms. The van der Waals surface area contributed by atoms with Gasteiger partial charge in [0.2, 0.25) is 5.76 Å². The van der Waals surface area contributed by atoms with Gasteiger partial charge in [-0.25, -0.2) is 9.59 Å². The van der Waals surface area contributed by atoms with Crippen molar-refractivity contribution in [2.75, 3.05) is 11.9 Å². The maximum atomic E-state index is 13.2. The van der Waals surface area contributed by atoms with Gasteiger partial charge in [-0.05, 0) is 36.8 Å². The number of fused-ring (bicyclic) bond motifs is 1. The molecule has 0 aliphatic rings. The number of hydrogen-bond acceptors (Lipinski definition) is 5. The van der Waals surface area contributed by atoms with Crippen molar-refractivity contribution in [2.24, 2.45) is 0 Å². The number of ether oxygens (including phenoxy) is 1. The molecule has 4 aromatic rings. The van der Waals surface area contributed by atoms with E-state index in [1.807, 2.05) is 30.3 Å². The molecule has 0 bridgehead atoms. The molecular formula is C25H19NO5. The summed E-state index contributed by atoms with van der Waals surface area (Å²) < 4.78 is 10.5. The van der Waals surface area contributed by atoms with E-state index in [1.165, 1.54) is 6.07 Å². The van der Waals surface area contributed by atoms with Gasteiger partial charge in [0.15, 0.2) is 0 Å². The lowest BCUT2D eigenvalue weighted by Gasteiger charge is -2.12. The van der Waals surface area contributed by atoms with Crippen LogP contribution in [0.2, 0.25) is 0 Å². The van der Waals surface area contributed by atoms with E-state index in [0.717, 1.165) is 5.56 Å². The molecule has 0 aliphatic carbocycles. The van der Waals surface area contributed by atoms with Crippen molar-refractivity contribution in [3.05, 3.63) is 101 Å². The standard InChI is InChI=1S/C25H19NO5/c1-2-30-24(28)17-11-8-12-18(15-17)26-23(27)22-21(16-9-4-3-5-10-16)19-13-6-7-14-20(19)25(29)31-22/h3-15H,2H2,1H3,(H,26,27). The van der Waals surface area contributed by atoms with Crippen LogP contribution >= 0.6 is 0 Å². The van der Waals surface area contributed by atoms with E-state index in [9.17, 15) is 14.4 Å². The van der Waals surface area contributed by atoms with Gasteiger partial charge in [0, 0.05) is 16.6 Å². The lowest BCUT2D eigenvalue weighted by Crippen LogP contribution is -2.17. The normalized spacial score (nSPS) is 10.6. The molecular weight excluding hydrogens is 394 g/mol. The Bertz CT molecular complexity index is 1320.